The maximum atomic E-state index is 11.7. The summed E-state index contributed by atoms with van der Waals surface area (Å²) in [6.07, 6.45) is 1.49. The Morgan fingerprint density at radius 3 is 2.38 bits per heavy atom. The van der Waals surface area contributed by atoms with Crippen LogP contribution < -0.4 is 11.1 Å². The predicted molar refractivity (Wildman–Crippen MR) is 77.4 cm³/mol. The van der Waals surface area contributed by atoms with E-state index >= 15 is 0 Å². The number of amides is 2. The molecule has 1 unspecified atom stereocenters. The molecule has 21 heavy (non-hydrogen) atoms. The van der Waals surface area contributed by atoms with Crippen molar-refractivity contribution in [1.82, 2.24) is 5.32 Å². The SMILES string of the molecule is NC(=O)C(CCC(=O)O)NC(=O)CCCc1ccccc1. The number of carboxylic acid groups (broad SMARTS) is 1. The van der Waals surface area contributed by atoms with E-state index in [1.54, 1.807) is 0 Å². The van der Waals surface area contributed by atoms with E-state index in [4.69, 9.17) is 10.8 Å². The topological polar surface area (TPSA) is 109 Å². The van der Waals surface area contributed by atoms with Crippen molar-refractivity contribution in [2.75, 3.05) is 0 Å². The van der Waals surface area contributed by atoms with Crippen molar-refractivity contribution in [2.45, 2.75) is 38.1 Å². The Kier molecular flexibility index (Phi) is 6.94. The van der Waals surface area contributed by atoms with Gasteiger partial charge < -0.3 is 16.2 Å². The van der Waals surface area contributed by atoms with Crippen LogP contribution in [0.1, 0.15) is 31.2 Å². The summed E-state index contributed by atoms with van der Waals surface area (Å²) in [7, 11) is 0. The minimum atomic E-state index is -1.03. The molecule has 0 aliphatic rings. The first-order valence-corrected chi connectivity index (χ1v) is 6.83. The number of benzene rings is 1. The smallest absolute Gasteiger partial charge is 0.303 e. The zero-order chi connectivity index (χ0) is 15.7. The van der Waals surface area contributed by atoms with Crippen LogP contribution in [0.5, 0.6) is 0 Å². The second-order valence-corrected chi connectivity index (χ2v) is 4.79. The number of hydrogen-bond acceptors (Lipinski definition) is 3. The van der Waals surface area contributed by atoms with Crippen LogP contribution in [0.25, 0.3) is 0 Å². The normalized spacial score (nSPS) is 11.6. The molecule has 0 saturated carbocycles. The Morgan fingerprint density at radius 1 is 1.14 bits per heavy atom. The van der Waals surface area contributed by atoms with Gasteiger partial charge in [0.15, 0.2) is 0 Å². The van der Waals surface area contributed by atoms with Crippen LogP contribution in [0.4, 0.5) is 0 Å². The van der Waals surface area contributed by atoms with Crippen LogP contribution in [-0.4, -0.2) is 28.9 Å². The third-order valence-corrected chi connectivity index (χ3v) is 3.04. The lowest BCUT2D eigenvalue weighted by Gasteiger charge is -2.14. The molecule has 0 aliphatic heterocycles. The van der Waals surface area contributed by atoms with E-state index in [1.165, 1.54) is 0 Å². The molecule has 0 spiro atoms. The van der Waals surface area contributed by atoms with Crippen LogP contribution in [0.3, 0.4) is 0 Å². The van der Waals surface area contributed by atoms with Crippen molar-refractivity contribution < 1.29 is 19.5 Å². The van der Waals surface area contributed by atoms with E-state index in [2.05, 4.69) is 5.32 Å². The molecular formula is C15H20N2O4. The standard InChI is InChI=1S/C15H20N2O4/c16-15(21)12(9-10-14(19)20)17-13(18)8-4-7-11-5-2-1-3-6-11/h1-3,5-6,12H,4,7-10H2,(H2,16,21)(H,17,18)(H,19,20). The second kappa shape index (κ2) is 8.73. The molecule has 0 fully saturated rings. The molecule has 114 valence electrons. The predicted octanol–water partition coefficient (Wildman–Crippen LogP) is 0.844. The summed E-state index contributed by atoms with van der Waals surface area (Å²) in [4.78, 5) is 33.4. The van der Waals surface area contributed by atoms with Crippen molar-refractivity contribution in [2.24, 2.45) is 5.73 Å². The van der Waals surface area contributed by atoms with Crippen molar-refractivity contribution in [3.63, 3.8) is 0 Å². The van der Waals surface area contributed by atoms with Gasteiger partial charge in [-0.15, -0.1) is 0 Å². The number of nitrogens with two attached hydrogens (primary N) is 1. The Labute approximate surface area is 123 Å². The number of nitrogens with one attached hydrogen (secondary N) is 1. The first-order valence-electron chi connectivity index (χ1n) is 6.83. The average Bonchev–Trinajstić information content (AvgIpc) is 2.44. The van der Waals surface area contributed by atoms with Gasteiger partial charge in [0, 0.05) is 12.8 Å². The highest BCUT2D eigenvalue weighted by molar-refractivity contribution is 5.86. The van der Waals surface area contributed by atoms with Gasteiger partial charge in [-0.1, -0.05) is 30.3 Å². The van der Waals surface area contributed by atoms with Crippen LogP contribution in [-0.2, 0) is 20.8 Å². The Morgan fingerprint density at radius 2 is 1.81 bits per heavy atom. The lowest BCUT2D eigenvalue weighted by atomic mass is 10.1. The van der Waals surface area contributed by atoms with Crippen LogP contribution in [0.2, 0.25) is 0 Å². The Balaban J connectivity index is 2.33. The number of primary amides is 1. The largest absolute Gasteiger partial charge is 0.481 e. The number of carbonyl (C=O) groups is 3. The molecule has 0 heterocycles. The fourth-order valence-corrected chi connectivity index (χ4v) is 1.92. The van der Waals surface area contributed by atoms with Gasteiger partial charge in [0.2, 0.25) is 11.8 Å². The van der Waals surface area contributed by atoms with Gasteiger partial charge in [-0.3, -0.25) is 14.4 Å². The molecule has 1 aromatic rings. The summed E-state index contributed by atoms with van der Waals surface area (Å²) in [5, 5.41) is 11.1. The molecule has 0 aliphatic carbocycles. The summed E-state index contributed by atoms with van der Waals surface area (Å²) in [5.74, 6) is -2.03. The number of aryl methyl sites for hydroxylation is 1. The molecule has 0 aromatic heterocycles. The maximum Gasteiger partial charge on any atom is 0.303 e. The average molecular weight is 292 g/mol. The maximum absolute atomic E-state index is 11.7. The van der Waals surface area contributed by atoms with Crippen molar-refractivity contribution >= 4 is 17.8 Å². The zero-order valence-electron chi connectivity index (χ0n) is 11.7. The quantitative estimate of drug-likeness (QED) is 0.626. The van der Waals surface area contributed by atoms with Crippen molar-refractivity contribution in [3.05, 3.63) is 35.9 Å². The summed E-state index contributed by atoms with van der Waals surface area (Å²) >= 11 is 0. The second-order valence-electron chi connectivity index (χ2n) is 4.79. The molecule has 1 aromatic carbocycles. The number of hydrogen-bond donors (Lipinski definition) is 3. The van der Waals surface area contributed by atoms with Gasteiger partial charge in [-0.05, 0) is 24.8 Å². The highest BCUT2D eigenvalue weighted by atomic mass is 16.4. The van der Waals surface area contributed by atoms with Gasteiger partial charge in [-0.25, -0.2) is 0 Å². The van der Waals surface area contributed by atoms with E-state index in [0.29, 0.717) is 6.42 Å². The van der Waals surface area contributed by atoms with Gasteiger partial charge in [0.25, 0.3) is 0 Å². The minimum absolute atomic E-state index is 0.00902. The number of carbonyl (C=O) groups excluding carboxylic acids is 2. The molecule has 6 nitrogen and oxygen atoms in total. The number of rotatable bonds is 9. The van der Waals surface area contributed by atoms with Gasteiger partial charge in [0.1, 0.15) is 6.04 Å². The number of aliphatic carboxylic acids is 1. The van der Waals surface area contributed by atoms with E-state index in [1.807, 2.05) is 30.3 Å². The lowest BCUT2D eigenvalue weighted by Crippen LogP contribution is -2.44. The fourth-order valence-electron chi connectivity index (χ4n) is 1.92. The molecule has 2 amide bonds. The van der Waals surface area contributed by atoms with Crippen LogP contribution in [0, 0.1) is 0 Å². The van der Waals surface area contributed by atoms with Crippen molar-refractivity contribution in [3.8, 4) is 0 Å². The fraction of sp³-hybridized carbons (Fsp3) is 0.400. The molecule has 1 atom stereocenters. The molecule has 0 bridgehead atoms. The highest BCUT2D eigenvalue weighted by Gasteiger charge is 2.18. The summed E-state index contributed by atoms with van der Waals surface area (Å²) < 4.78 is 0. The van der Waals surface area contributed by atoms with E-state index < -0.39 is 17.9 Å². The third kappa shape index (κ3) is 7.10. The van der Waals surface area contributed by atoms with Crippen LogP contribution >= 0.6 is 0 Å². The third-order valence-electron chi connectivity index (χ3n) is 3.04. The molecule has 4 N–H and O–H groups in total. The molecular weight excluding hydrogens is 272 g/mol. The summed E-state index contributed by atoms with van der Waals surface area (Å²) in [6.45, 7) is 0. The first kappa shape index (κ1) is 16.7. The van der Waals surface area contributed by atoms with E-state index in [0.717, 1.165) is 12.0 Å². The van der Waals surface area contributed by atoms with Gasteiger partial charge in [0.05, 0.1) is 0 Å². The minimum Gasteiger partial charge on any atom is -0.481 e. The molecule has 6 heteroatoms. The zero-order valence-corrected chi connectivity index (χ0v) is 11.7. The molecule has 0 radical (unpaired) electrons. The van der Waals surface area contributed by atoms with E-state index in [9.17, 15) is 14.4 Å². The molecule has 0 saturated heterocycles. The summed E-state index contributed by atoms with van der Waals surface area (Å²) in [6, 6.07) is 8.84. The van der Waals surface area contributed by atoms with Gasteiger partial charge >= 0.3 is 5.97 Å². The number of carboxylic acids is 1. The van der Waals surface area contributed by atoms with Gasteiger partial charge in [-0.2, -0.15) is 0 Å². The molecule has 1 rings (SSSR count). The Bertz CT molecular complexity index is 488. The summed E-state index contributed by atoms with van der Waals surface area (Å²) in [5.41, 5.74) is 6.29. The van der Waals surface area contributed by atoms with Crippen molar-refractivity contribution in [1.29, 1.82) is 0 Å². The first-order chi connectivity index (χ1) is 9.99. The van der Waals surface area contributed by atoms with E-state index in [-0.39, 0.29) is 25.2 Å². The Hall–Kier alpha value is -2.37. The lowest BCUT2D eigenvalue weighted by molar-refractivity contribution is -0.137. The highest BCUT2D eigenvalue weighted by Crippen LogP contribution is 2.05. The van der Waals surface area contributed by atoms with Crippen LogP contribution in [0.15, 0.2) is 30.3 Å². The monoisotopic (exact) mass is 292 g/mol.